The quantitative estimate of drug-likeness (QED) is 0.312. The SMILES string of the molecule is Clc1ccc2sc(C#Cc3ccc(C#Cc4ccccc4)s3)cc2c1. The molecule has 0 nitrogen and oxygen atoms in total. The third-order valence-corrected chi connectivity index (χ3v) is 5.68. The standard InChI is InChI=1S/C22H11ClS2/c23-18-7-13-22-17(14-18)15-21(25-22)12-11-20-10-9-19(24-20)8-6-16-4-2-1-3-5-16/h1-5,7,9-10,13-15H. The van der Waals surface area contributed by atoms with Crippen LogP contribution in [-0.4, -0.2) is 0 Å². The lowest BCUT2D eigenvalue weighted by molar-refractivity contribution is 1.65. The van der Waals surface area contributed by atoms with Gasteiger partial charge in [0.15, 0.2) is 0 Å². The molecular formula is C22H11ClS2. The Hall–Kier alpha value is -2.49. The summed E-state index contributed by atoms with van der Waals surface area (Å²) in [6.45, 7) is 0. The molecule has 0 spiro atoms. The lowest BCUT2D eigenvalue weighted by atomic mass is 10.2. The summed E-state index contributed by atoms with van der Waals surface area (Å²) in [5, 5.41) is 1.90. The van der Waals surface area contributed by atoms with Gasteiger partial charge in [0.25, 0.3) is 0 Å². The topological polar surface area (TPSA) is 0 Å². The average Bonchev–Trinajstić information content (AvgIpc) is 3.25. The number of hydrogen-bond donors (Lipinski definition) is 0. The van der Waals surface area contributed by atoms with E-state index < -0.39 is 0 Å². The Morgan fingerprint density at radius 3 is 2.16 bits per heavy atom. The van der Waals surface area contributed by atoms with Gasteiger partial charge in [-0.1, -0.05) is 41.6 Å². The second-order valence-electron chi connectivity index (χ2n) is 5.32. The van der Waals surface area contributed by atoms with Crippen LogP contribution < -0.4 is 0 Å². The third-order valence-electron chi connectivity index (χ3n) is 3.50. The van der Waals surface area contributed by atoms with Crippen LogP contribution in [0.1, 0.15) is 20.2 Å². The maximum atomic E-state index is 6.04. The van der Waals surface area contributed by atoms with Crippen LogP contribution in [0.25, 0.3) is 10.1 Å². The Balaban J connectivity index is 1.55. The van der Waals surface area contributed by atoms with Crippen LogP contribution >= 0.6 is 34.3 Å². The van der Waals surface area contributed by atoms with E-state index in [0.29, 0.717) is 0 Å². The van der Waals surface area contributed by atoms with Crippen molar-refractivity contribution in [1.29, 1.82) is 0 Å². The summed E-state index contributed by atoms with van der Waals surface area (Å²) in [4.78, 5) is 3.09. The largest absolute Gasteiger partial charge is 0.127 e. The first-order valence-corrected chi connectivity index (χ1v) is 9.65. The van der Waals surface area contributed by atoms with Crippen LogP contribution in [0.15, 0.2) is 66.7 Å². The smallest absolute Gasteiger partial charge is 0.0785 e. The van der Waals surface area contributed by atoms with E-state index in [1.165, 1.54) is 4.70 Å². The van der Waals surface area contributed by atoms with E-state index in [1.54, 1.807) is 22.7 Å². The molecule has 4 rings (SSSR count). The fourth-order valence-corrected chi connectivity index (χ4v) is 4.12. The van der Waals surface area contributed by atoms with Gasteiger partial charge >= 0.3 is 0 Å². The van der Waals surface area contributed by atoms with Crippen LogP contribution in [0, 0.1) is 23.7 Å². The van der Waals surface area contributed by atoms with Crippen LogP contribution in [-0.2, 0) is 0 Å². The molecular weight excluding hydrogens is 364 g/mol. The van der Waals surface area contributed by atoms with E-state index in [4.69, 9.17) is 11.6 Å². The normalized spacial score (nSPS) is 9.96. The van der Waals surface area contributed by atoms with E-state index in [9.17, 15) is 0 Å². The Morgan fingerprint density at radius 2 is 1.36 bits per heavy atom. The van der Waals surface area contributed by atoms with Crippen molar-refractivity contribution < 1.29 is 0 Å². The number of thiophene rings is 2. The summed E-state index contributed by atoms with van der Waals surface area (Å²) in [7, 11) is 0. The fourth-order valence-electron chi connectivity index (χ4n) is 2.33. The van der Waals surface area contributed by atoms with Crippen LogP contribution in [0.5, 0.6) is 0 Å². The second kappa shape index (κ2) is 7.18. The first-order valence-electron chi connectivity index (χ1n) is 7.64. The van der Waals surface area contributed by atoms with Crippen molar-refractivity contribution in [2.75, 3.05) is 0 Å². The van der Waals surface area contributed by atoms with Gasteiger partial charge in [-0.15, -0.1) is 22.7 Å². The highest BCUT2D eigenvalue weighted by molar-refractivity contribution is 7.19. The summed E-state index contributed by atoms with van der Waals surface area (Å²) >= 11 is 9.34. The minimum atomic E-state index is 0.754. The molecule has 3 heteroatoms. The fraction of sp³-hybridized carbons (Fsp3) is 0. The molecule has 2 aromatic carbocycles. The van der Waals surface area contributed by atoms with Gasteiger partial charge in [0.2, 0.25) is 0 Å². The summed E-state index contributed by atoms with van der Waals surface area (Å²) in [6, 6.07) is 22.1. The van der Waals surface area contributed by atoms with Gasteiger partial charge < -0.3 is 0 Å². The lowest BCUT2D eigenvalue weighted by Gasteiger charge is -1.87. The molecule has 0 radical (unpaired) electrons. The molecule has 0 fully saturated rings. The van der Waals surface area contributed by atoms with E-state index in [2.05, 4.69) is 29.7 Å². The highest BCUT2D eigenvalue weighted by Gasteiger charge is 2.00. The minimum Gasteiger partial charge on any atom is -0.127 e. The molecule has 0 atom stereocenters. The van der Waals surface area contributed by atoms with Gasteiger partial charge in [-0.2, -0.15) is 0 Å². The zero-order chi connectivity index (χ0) is 17.1. The molecule has 2 aromatic heterocycles. The summed E-state index contributed by atoms with van der Waals surface area (Å²) < 4.78 is 1.20. The van der Waals surface area contributed by atoms with E-state index >= 15 is 0 Å². The predicted molar refractivity (Wildman–Crippen MR) is 110 cm³/mol. The maximum Gasteiger partial charge on any atom is 0.0785 e. The van der Waals surface area contributed by atoms with Gasteiger partial charge in [-0.3, -0.25) is 0 Å². The molecule has 0 saturated carbocycles. The van der Waals surface area contributed by atoms with Crippen molar-refractivity contribution in [3.05, 3.63) is 91.9 Å². The van der Waals surface area contributed by atoms with Gasteiger partial charge in [0, 0.05) is 15.3 Å². The molecule has 0 aliphatic rings. The van der Waals surface area contributed by atoms with Crippen molar-refractivity contribution >= 4 is 44.4 Å². The molecule has 0 amide bonds. The molecule has 2 heterocycles. The Labute approximate surface area is 159 Å². The van der Waals surface area contributed by atoms with Crippen LogP contribution in [0.4, 0.5) is 0 Å². The summed E-state index contributed by atoms with van der Waals surface area (Å²) in [5.74, 6) is 12.8. The van der Waals surface area contributed by atoms with Gasteiger partial charge in [-0.25, -0.2) is 0 Å². The summed E-state index contributed by atoms with van der Waals surface area (Å²) in [5.41, 5.74) is 1.02. The Bertz CT molecular complexity index is 1160. The first-order chi connectivity index (χ1) is 12.3. The Kier molecular flexibility index (Phi) is 4.59. The summed E-state index contributed by atoms with van der Waals surface area (Å²) in [6.07, 6.45) is 0. The van der Waals surface area contributed by atoms with E-state index in [-0.39, 0.29) is 0 Å². The van der Waals surface area contributed by atoms with Gasteiger partial charge in [-0.05, 0) is 65.8 Å². The molecule has 4 aromatic rings. The minimum absolute atomic E-state index is 0.754. The third kappa shape index (κ3) is 3.95. The van der Waals surface area contributed by atoms with E-state index in [1.807, 2.05) is 60.7 Å². The molecule has 0 unspecified atom stereocenters. The van der Waals surface area contributed by atoms with Crippen LogP contribution in [0.2, 0.25) is 5.02 Å². The van der Waals surface area contributed by atoms with Crippen molar-refractivity contribution in [3.8, 4) is 23.7 Å². The lowest BCUT2D eigenvalue weighted by Crippen LogP contribution is -1.70. The monoisotopic (exact) mass is 374 g/mol. The zero-order valence-corrected chi connectivity index (χ0v) is 15.4. The molecule has 0 bridgehead atoms. The van der Waals surface area contributed by atoms with Crippen molar-refractivity contribution in [3.63, 3.8) is 0 Å². The molecule has 0 aliphatic carbocycles. The number of halogens is 1. The molecule has 0 aliphatic heterocycles. The van der Waals surface area contributed by atoms with Crippen molar-refractivity contribution in [1.82, 2.24) is 0 Å². The molecule has 0 N–H and O–H groups in total. The van der Waals surface area contributed by atoms with Gasteiger partial charge in [0.05, 0.1) is 14.6 Å². The zero-order valence-electron chi connectivity index (χ0n) is 13.0. The predicted octanol–water partition coefficient (Wildman–Crippen LogP) is 6.42. The first kappa shape index (κ1) is 16.0. The van der Waals surface area contributed by atoms with Crippen molar-refractivity contribution in [2.45, 2.75) is 0 Å². The maximum absolute atomic E-state index is 6.04. The second-order valence-corrected chi connectivity index (χ2v) is 7.93. The van der Waals surface area contributed by atoms with Crippen LogP contribution in [0.3, 0.4) is 0 Å². The van der Waals surface area contributed by atoms with Crippen molar-refractivity contribution in [2.24, 2.45) is 0 Å². The molecule has 118 valence electrons. The number of fused-ring (bicyclic) bond motifs is 1. The van der Waals surface area contributed by atoms with Gasteiger partial charge in [0.1, 0.15) is 0 Å². The van der Waals surface area contributed by atoms with E-state index in [0.717, 1.165) is 30.6 Å². The molecule has 25 heavy (non-hydrogen) atoms. The number of rotatable bonds is 0. The molecule has 0 saturated heterocycles. The number of hydrogen-bond acceptors (Lipinski definition) is 2. The Morgan fingerprint density at radius 1 is 0.640 bits per heavy atom. The average molecular weight is 375 g/mol. The highest BCUT2D eigenvalue weighted by Crippen LogP contribution is 2.27. The highest BCUT2D eigenvalue weighted by atomic mass is 35.5. The number of benzene rings is 2.